The van der Waals surface area contributed by atoms with E-state index in [0.29, 0.717) is 17.5 Å². The monoisotopic (exact) mass is 397 g/mol. The molecule has 1 saturated carbocycles. The Morgan fingerprint density at radius 2 is 1.96 bits per heavy atom. The Kier molecular flexibility index (Phi) is 8.57. The summed E-state index contributed by atoms with van der Waals surface area (Å²) >= 11 is 0. The molecule has 27 heavy (non-hydrogen) atoms. The van der Waals surface area contributed by atoms with E-state index in [1.165, 1.54) is 19.3 Å². The lowest BCUT2D eigenvalue weighted by atomic mass is 9.95. The van der Waals surface area contributed by atoms with E-state index in [1.807, 2.05) is 11.9 Å². The van der Waals surface area contributed by atoms with Gasteiger partial charge in [-0.25, -0.2) is 0 Å². The van der Waals surface area contributed by atoms with Crippen LogP contribution < -0.4 is 10.6 Å². The lowest BCUT2D eigenvalue weighted by Gasteiger charge is -2.32. The Hall–Kier alpha value is -1.60. The van der Waals surface area contributed by atoms with Crippen molar-refractivity contribution in [3.63, 3.8) is 0 Å². The number of hydrogen-bond donors (Lipinski definition) is 2. The predicted octanol–water partition coefficient (Wildman–Crippen LogP) is 1.83. The highest BCUT2D eigenvalue weighted by molar-refractivity contribution is 5.93. The Labute approximate surface area is 167 Å². The van der Waals surface area contributed by atoms with Crippen molar-refractivity contribution in [1.29, 1.82) is 0 Å². The van der Waals surface area contributed by atoms with Crippen LogP contribution in [0.1, 0.15) is 55.3 Å². The van der Waals surface area contributed by atoms with Gasteiger partial charge >= 0.3 is 0 Å². The Morgan fingerprint density at radius 3 is 2.70 bits per heavy atom. The van der Waals surface area contributed by atoms with Crippen molar-refractivity contribution in [3.05, 3.63) is 18.0 Å². The molecular weight excluding hydrogens is 366 g/mol. The fourth-order valence-electron chi connectivity index (χ4n) is 4.12. The summed E-state index contributed by atoms with van der Waals surface area (Å²) in [7, 11) is 1.95. The highest BCUT2D eigenvalue weighted by Crippen LogP contribution is 2.19. The van der Waals surface area contributed by atoms with Crippen molar-refractivity contribution in [1.82, 2.24) is 25.3 Å². The van der Waals surface area contributed by atoms with E-state index in [-0.39, 0.29) is 30.8 Å². The second-order valence-electron chi connectivity index (χ2n) is 7.65. The van der Waals surface area contributed by atoms with Crippen LogP contribution in [0.5, 0.6) is 0 Å². The molecule has 8 heteroatoms. The van der Waals surface area contributed by atoms with Crippen LogP contribution in [0.3, 0.4) is 0 Å². The topological polar surface area (TPSA) is 79.3 Å². The molecule has 1 aromatic rings. The lowest BCUT2D eigenvalue weighted by Crippen LogP contribution is -2.42. The van der Waals surface area contributed by atoms with Crippen LogP contribution in [0.2, 0.25) is 0 Å². The number of nitrogens with one attached hydrogen (secondary N) is 2. The van der Waals surface area contributed by atoms with Gasteiger partial charge in [-0.15, -0.1) is 12.4 Å². The molecule has 1 atom stereocenters. The summed E-state index contributed by atoms with van der Waals surface area (Å²) in [5, 5.41) is 10.5. The van der Waals surface area contributed by atoms with Gasteiger partial charge in [-0.3, -0.25) is 14.3 Å². The number of nitrogens with zero attached hydrogens (tertiary/aromatic N) is 3. The van der Waals surface area contributed by atoms with Gasteiger partial charge in [0, 0.05) is 25.3 Å². The molecule has 0 spiro atoms. The van der Waals surface area contributed by atoms with Crippen molar-refractivity contribution < 1.29 is 9.59 Å². The molecule has 7 nitrogen and oxygen atoms in total. The van der Waals surface area contributed by atoms with Gasteiger partial charge in [-0.2, -0.15) is 5.10 Å². The number of rotatable bonds is 6. The molecule has 3 rings (SSSR count). The predicted molar refractivity (Wildman–Crippen MR) is 107 cm³/mol. The fraction of sp³-hybridized carbons (Fsp3) is 0.737. The van der Waals surface area contributed by atoms with Crippen LogP contribution in [0.15, 0.2) is 12.4 Å². The second-order valence-corrected chi connectivity index (χ2v) is 7.65. The van der Waals surface area contributed by atoms with Crippen LogP contribution in [0.4, 0.5) is 0 Å². The third-order valence-electron chi connectivity index (χ3n) is 5.46. The maximum absolute atomic E-state index is 12.7. The first-order chi connectivity index (χ1) is 12.7. The maximum Gasteiger partial charge on any atom is 0.257 e. The van der Waals surface area contributed by atoms with Gasteiger partial charge in [-0.05, 0) is 45.2 Å². The van der Waals surface area contributed by atoms with E-state index in [4.69, 9.17) is 0 Å². The highest BCUT2D eigenvalue weighted by atomic mass is 35.5. The minimum atomic E-state index is -0.0222. The van der Waals surface area contributed by atoms with Gasteiger partial charge in [0.2, 0.25) is 5.91 Å². The van der Waals surface area contributed by atoms with Gasteiger partial charge in [0.25, 0.3) is 5.91 Å². The van der Waals surface area contributed by atoms with Gasteiger partial charge < -0.3 is 15.5 Å². The SMILES string of the molecule is CNCC1CCCN(C(=O)c2cnn(CC(=O)NC3CCCCC3)c2)C1.Cl. The van der Waals surface area contributed by atoms with E-state index in [0.717, 1.165) is 45.3 Å². The molecule has 2 fully saturated rings. The summed E-state index contributed by atoms with van der Waals surface area (Å²) in [4.78, 5) is 26.8. The van der Waals surface area contributed by atoms with E-state index in [9.17, 15) is 9.59 Å². The number of likely N-dealkylation sites (tertiary alicyclic amines) is 1. The second kappa shape index (κ2) is 10.7. The molecule has 2 heterocycles. The summed E-state index contributed by atoms with van der Waals surface area (Å²) in [5.74, 6) is 0.504. The zero-order chi connectivity index (χ0) is 18.4. The first-order valence-corrected chi connectivity index (χ1v) is 9.91. The molecular formula is C19H32ClN5O2. The van der Waals surface area contributed by atoms with Gasteiger partial charge in [-0.1, -0.05) is 19.3 Å². The molecule has 2 N–H and O–H groups in total. The van der Waals surface area contributed by atoms with Crippen LogP contribution in [-0.2, 0) is 11.3 Å². The Balaban J connectivity index is 0.00000261. The number of amides is 2. The fourth-order valence-corrected chi connectivity index (χ4v) is 4.12. The van der Waals surface area contributed by atoms with E-state index in [1.54, 1.807) is 17.1 Å². The number of hydrogen-bond acceptors (Lipinski definition) is 4. The normalized spacial score (nSPS) is 20.8. The minimum Gasteiger partial charge on any atom is -0.352 e. The summed E-state index contributed by atoms with van der Waals surface area (Å²) in [5.41, 5.74) is 0.570. The summed E-state index contributed by atoms with van der Waals surface area (Å²) in [6.07, 6.45) is 11.3. The van der Waals surface area contributed by atoms with E-state index in [2.05, 4.69) is 15.7 Å². The van der Waals surface area contributed by atoms with Gasteiger partial charge in [0.1, 0.15) is 6.54 Å². The van der Waals surface area contributed by atoms with Crippen molar-refractivity contribution in [3.8, 4) is 0 Å². The number of aromatic nitrogens is 2. The summed E-state index contributed by atoms with van der Waals surface area (Å²) < 4.78 is 1.57. The maximum atomic E-state index is 12.7. The molecule has 1 aliphatic carbocycles. The third-order valence-corrected chi connectivity index (χ3v) is 5.46. The minimum absolute atomic E-state index is 0. The first-order valence-electron chi connectivity index (χ1n) is 9.91. The molecule has 152 valence electrons. The molecule has 1 unspecified atom stereocenters. The highest BCUT2D eigenvalue weighted by Gasteiger charge is 2.25. The van der Waals surface area contributed by atoms with E-state index >= 15 is 0 Å². The number of carbonyl (C=O) groups excluding carboxylic acids is 2. The molecule has 2 amide bonds. The van der Waals surface area contributed by atoms with Crippen molar-refractivity contribution in [2.45, 2.75) is 57.5 Å². The number of halogens is 1. The molecule has 1 saturated heterocycles. The number of piperidine rings is 1. The smallest absolute Gasteiger partial charge is 0.257 e. The largest absolute Gasteiger partial charge is 0.352 e. The molecule has 0 bridgehead atoms. The third kappa shape index (κ3) is 6.21. The van der Waals surface area contributed by atoms with Gasteiger partial charge in [0.05, 0.1) is 11.8 Å². The van der Waals surface area contributed by atoms with Crippen LogP contribution in [0, 0.1) is 5.92 Å². The first kappa shape index (κ1) is 21.7. The van der Waals surface area contributed by atoms with Crippen LogP contribution in [-0.4, -0.2) is 59.2 Å². The molecule has 1 aliphatic heterocycles. The molecule has 2 aliphatic rings. The van der Waals surface area contributed by atoms with Crippen molar-refractivity contribution in [2.75, 3.05) is 26.7 Å². The molecule has 0 aromatic carbocycles. The summed E-state index contributed by atoms with van der Waals surface area (Å²) in [6.45, 7) is 2.69. The van der Waals surface area contributed by atoms with E-state index < -0.39 is 0 Å². The standard InChI is InChI=1S/C19H31N5O2.ClH/c1-20-10-15-6-5-9-23(12-15)19(26)16-11-21-24(13-16)14-18(25)22-17-7-3-2-4-8-17;/h11,13,15,17,20H,2-10,12,14H2,1H3,(H,22,25);1H. The number of carbonyl (C=O) groups is 2. The van der Waals surface area contributed by atoms with Crippen LogP contribution in [0.25, 0.3) is 0 Å². The lowest BCUT2D eigenvalue weighted by molar-refractivity contribution is -0.122. The quantitative estimate of drug-likeness (QED) is 0.767. The van der Waals surface area contributed by atoms with Crippen LogP contribution >= 0.6 is 12.4 Å². The molecule has 1 aromatic heterocycles. The Bertz CT molecular complexity index is 613. The zero-order valence-corrected chi connectivity index (χ0v) is 17.0. The van der Waals surface area contributed by atoms with Crippen molar-refractivity contribution >= 4 is 24.2 Å². The summed E-state index contributed by atoms with van der Waals surface area (Å²) in [6, 6.07) is 0.297. The van der Waals surface area contributed by atoms with Gasteiger partial charge in [0.15, 0.2) is 0 Å². The van der Waals surface area contributed by atoms with Crippen molar-refractivity contribution in [2.24, 2.45) is 5.92 Å². The average Bonchev–Trinajstić information content (AvgIpc) is 3.10. The zero-order valence-electron chi connectivity index (χ0n) is 16.2. The average molecular weight is 398 g/mol. The molecule has 0 radical (unpaired) electrons. The Morgan fingerprint density at radius 1 is 1.19 bits per heavy atom.